The molecule has 1 saturated carbocycles. The van der Waals surface area contributed by atoms with Crippen LogP contribution in [0.25, 0.3) is 22.2 Å². The molecule has 3 heterocycles. The average molecular weight is 441 g/mol. The molecule has 1 aliphatic carbocycles. The van der Waals surface area contributed by atoms with Crippen molar-refractivity contribution in [1.82, 2.24) is 20.2 Å². The summed E-state index contributed by atoms with van der Waals surface area (Å²) in [6, 6.07) is 4.18. The Labute approximate surface area is 187 Å². The molecule has 31 heavy (non-hydrogen) atoms. The van der Waals surface area contributed by atoms with Crippen LogP contribution in [-0.4, -0.2) is 44.4 Å². The fraction of sp³-hybridized carbons (Fsp3) is 0.522. The highest BCUT2D eigenvalue weighted by atomic mass is 35.5. The van der Waals surface area contributed by atoms with E-state index in [-0.39, 0.29) is 18.1 Å². The number of aliphatic hydroxyl groups is 1. The van der Waals surface area contributed by atoms with Crippen LogP contribution in [0.5, 0.6) is 0 Å². The Hall–Kier alpha value is -2.22. The lowest BCUT2D eigenvalue weighted by Gasteiger charge is -2.43. The molecule has 5 rings (SSSR count). The van der Waals surface area contributed by atoms with Gasteiger partial charge in [0.15, 0.2) is 5.82 Å². The highest BCUT2D eigenvalue weighted by molar-refractivity contribution is 6.37. The highest BCUT2D eigenvalue weighted by Gasteiger charge is 2.46. The Morgan fingerprint density at radius 3 is 2.71 bits per heavy atom. The third kappa shape index (κ3) is 3.30. The van der Waals surface area contributed by atoms with Crippen molar-refractivity contribution in [3.63, 3.8) is 0 Å². The van der Waals surface area contributed by atoms with Crippen molar-refractivity contribution in [3.8, 4) is 11.3 Å². The van der Waals surface area contributed by atoms with Gasteiger partial charge in [-0.3, -0.25) is 5.10 Å². The zero-order valence-corrected chi connectivity index (χ0v) is 18.8. The number of rotatable bonds is 3. The summed E-state index contributed by atoms with van der Waals surface area (Å²) in [7, 11) is 0. The third-order valence-corrected chi connectivity index (χ3v) is 7.95. The minimum Gasteiger partial charge on any atom is -0.390 e. The SMILES string of the molecule is Cc1nc(N2CCC3(CC[C@@H](C)[C@H]3N)CC2)c(CO)nc1-c1ccc2cn[nH]c2c1Cl. The fourth-order valence-corrected chi connectivity index (χ4v) is 5.83. The molecule has 2 fully saturated rings. The summed E-state index contributed by atoms with van der Waals surface area (Å²) in [4.78, 5) is 12.0. The molecule has 1 spiro atoms. The molecule has 164 valence electrons. The van der Waals surface area contributed by atoms with Crippen LogP contribution in [-0.2, 0) is 6.61 Å². The normalized spacial score (nSPS) is 23.2. The highest BCUT2D eigenvalue weighted by Crippen LogP contribution is 2.48. The van der Waals surface area contributed by atoms with Gasteiger partial charge in [0.05, 0.1) is 34.7 Å². The number of piperidine rings is 1. The molecule has 0 amide bonds. The fourth-order valence-electron chi connectivity index (χ4n) is 5.53. The maximum Gasteiger partial charge on any atom is 0.153 e. The van der Waals surface area contributed by atoms with Crippen molar-refractivity contribution in [1.29, 1.82) is 0 Å². The van der Waals surface area contributed by atoms with E-state index in [1.807, 2.05) is 19.1 Å². The first-order valence-corrected chi connectivity index (χ1v) is 11.4. The van der Waals surface area contributed by atoms with Gasteiger partial charge in [-0.2, -0.15) is 5.10 Å². The number of aliphatic hydroxyl groups excluding tert-OH is 1. The standard InChI is InChI=1S/C23H29ClN6O/c1-13-5-6-23(21(13)25)7-9-30(10-8-23)22-17(12-31)28-19(14(2)27-22)16-4-3-15-11-26-29-20(15)18(16)24/h3-4,11,13,21,31H,5-10,12,25H2,1-2H3,(H,26,29)/t13-,21-/m1/s1. The number of hydrogen-bond donors (Lipinski definition) is 3. The van der Waals surface area contributed by atoms with E-state index in [4.69, 9.17) is 27.3 Å². The summed E-state index contributed by atoms with van der Waals surface area (Å²) in [5, 5.41) is 18.6. The van der Waals surface area contributed by atoms with Crippen molar-refractivity contribution >= 4 is 28.3 Å². The molecule has 1 aliphatic heterocycles. The molecule has 3 aromatic rings. The molecular formula is C23H29ClN6O. The van der Waals surface area contributed by atoms with Gasteiger partial charge in [0, 0.05) is 30.1 Å². The molecule has 1 aromatic carbocycles. The van der Waals surface area contributed by atoms with Crippen LogP contribution in [0.15, 0.2) is 18.3 Å². The maximum atomic E-state index is 10.1. The van der Waals surface area contributed by atoms with Gasteiger partial charge in [-0.15, -0.1) is 0 Å². The van der Waals surface area contributed by atoms with Crippen molar-refractivity contribution in [3.05, 3.63) is 34.7 Å². The number of aromatic amines is 1. The molecule has 2 aliphatic rings. The number of fused-ring (bicyclic) bond motifs is 1. The zero-order chi connectivity index (χ0) is 21.8. The second kappa shape index (κ2) is 7.73. The van der Waals surface area contributed by atoms with E-state index in [9.17, 15) is 5.11 Å². The van der Waals surface area contributed by atoms with E-state index in [1.54, 1.807) is 6.20 Å². The number of nitrogens with one attached hydrogen (secondary N) is 1. The second-order valence-electron chi connectivity index (χ2n) is 9.24. The lowest BCUT2D eigenvalue weighted by Crippen LogP contribution is -2.48. The van der Waals surface area contributed by atoms with Crippen LogP contribution >= 0.6 is 11.6 Å². The van der Waals surface area contributed by atoms with Crippen LogP contribution in [0.4, 0.5) is 5.82 Å². The first kappa shape index (κ1) is 20.7. The first-order valence-electron chi connectivity index (χ1n) is 11.0. The number of aryl methyl sites for hydroxylation is 1. The van der Waals surface area contributed by atoms with E-state index < -0.39 is 0 Å². The van der Waals surface area contributed by atoms with Gasteiger partial charge in [-0.05, 0) is 43.9 Å². The van der Waals surface area contributed by atoms with Crippen molar-refractivity contribution in [2.45, 2.75) is 52.2 Å². The van der Waals surface area contributed by atoms with Crippen LogP contribution in [0.3, 0.4) is 0 Å². The van der Waals surface area contributed by atoms with Gasteiger partial charge >= 0.3 is 0 Å². The third-order valence-electron chi connectivity index (χ3n) is 7.56. The Morgan fingerprint density at radius 1 is 1.26 bits per heavy atom. The van der Waals surface area contributed by atoms with Gasteiger partial charge in [0.2, 0.25) is 0 Å². The van der Waals surface area contributed by atoms with Crippen molar-refractivity contribution < 1.29 is 5.11 Å². The predicted molar refractivity (Wildman–Crippen MR) is 123 cm³/mol. The van der Waals surface area contributed by atoms with Gasteiger partial charge in [0.1, 0.15) is 5.69 Å². The summed E-state index contributed by atoms with van der Waals surface area (Å²) < 4.78 is 0. The predicted octanol–water partition coefficient (Wildman–Crippen LogP) is 3.82. The number of nitrogens with zero attached hydrogens (tertiary/aromatic N) is 4. The molecule has 7 nitrogen and oxygen atoms in total. The van der Waals surface area contributed by atoms with Gasteiger partial charge < -0.3 is 15.7 Å². The number of benzene rings is 1. The van der Waals surface area contributed by atoms with Crippen LogP contribution < -0.4 is 10.6 Å². The molecule has 2 atom stereocenters. The Balaban J connectivity index is 1.46. The summed E-state index contributed by atoms with van der Waals surface area (Å²) in [6.07, 6.45) is 6.31. The maximum absolute atomic E-state index is 10.1. The number of anilines is 1. The Kier molecular flexibility index (Phi) is 5.15. The molecule has 2 aromatic heterocycles. The molecule has 1 saturated heterocycles. The quantitative estimate of drug-likeness (QED) is 0.572. The first-order chi connectivity index (χ1) is 14.9. The van der Waals surface area contributed by atoms with Gasteiger partial charge in [0.25, 0.3) is 0 Å². The summed E-state index contributed by atoms with van der Waals surface area (Å²) in [5.74, 6) is 1.37. The zero-order valence-electron chi connectivity index (χ0n) is 18.0. The molecule has 0 bridgehead atoms. The number of hydrogen-bond acceptors (Lipinski definition) is 6. The van der Waals surface area contributed by atoms with Crippen LogP contribution in [0, 0.1) is 18.3 Å². The van der Waals surface area contributed by atoms with Crippen LogP contribution in [0.2, 0.25) is 5.02 Å². The molecule has 8 heteroatoms. The van der Waals surface area contributed by atoms with Crippen molar-refractivity contribution in [2.75, 3.05) is 18.0 Å². The summed E-state index contributed by atoms with van der Waals surface area (Å²) in [5.41, 5.74) is 10.5. The molecule has 0 unspecified atom stereocenters. The van der Waals surface area contributed by atoms with Crippen LogP contribution in [0.1, 0.15) is 44.0 Å². The topological polar surface area (TPSA) is 104 Å². The largest absolute Gasteiger partial charge is 0.390 e. The molecule has 0 radical (unpaired) electrons. The Bertz CT molecular complexity index is 1120. The minimum atomic E-state index is -0.169. The summed E-state index contributed by atoms with van der Waals surface area (Å²) in [6.45, 7) is 5.83. The number of nitrogens with two attached hydrogens (primary N) is 1. The van der Waals surface area contributed by atoms with E-state index >= 15 is 0 Å². The van der Waals surface area contributed by atoms with Gasteiger partial charge in [-0.25, -0.2) is 9.97 Å². The van der Waals surface area contributed by atoms with E-state index in [0.717, 1.165) is 53.9 Å². The lowest BCUT2D eigenvalue weighted by atomic mass is 9.73. The van der Waals surface area contributed by atoms with E-state index in [2.05, 4.69) is 22.0 Å². The second-order valence-corrected chi connectivity index (χ2v) is 9.62. The van der Waals surface area contributed by atoms with Gasteiger partial charge in [-0.1, -0.05) is 30.7 Å². The summed E-state index contributed by atoms with van der Waals surface area (Å²) >= 11 is 6.64. The monoisotopic (exact) mass is 440 g/mol. The van der Waals surface area contributed by atoms with E-state index in [1.165, 1.54) is 12.8 Å². The number of aromatic nitrogens is 4. The lowest BCUT2D eigenvalue weighted by molar-refractivity contribution is 0.185. The number of H-pyrrole nitrogens is 1. The Morgan fingerprint density at radius 2 is 2.03 bits per heavy atom. The average Bonchev–Trinajstić information content (AvgIpc) is 3.37. The smallest absolute Gasteiger partial charge is 0.153 e. The number of halogens is 1. The molecule has 4 N–H and O–H groups in total. The van der Waals surface area contributed by atoms with E-state index in [0.29, 0.717) is 22.3 Å². The van der Waals surface area contributed by atoms with Crippen molar-refractivity contribution in [2.24, 2.45) is 17.1 Å². The molecular weight excluding hydrogens is 412 g/mol. The minimum absolute atomic E-state index is 0.169.